The summed E-state index contributed by atoms with van der Waals surface area (Å²) in [6, 6.07) is -0.576. The molecule has 2 N–H and O–H groups in total. The number of ether oxygens (including phenoxy) is 1. The van der Waals surface area contributed by atoms with Gasteiger partial charge in [0.15, 0.2) is 0 Å². The first-order chi connectivity index (χ1) is 4.22. The highest BCUT2D eigenvalue weighted by atomic mass is 35.5. The third-order valence-electron chi connectivity index (χ3n) is 0.786. The van der Waals surface area contributed by atoms with Gasteiger partial charge in [-0.1, -0.05) is 0 Å². The molecule has 0 radical (unpaired) electrons. The molecule has 0 aromatic carbocycles. The average Bonchev–Trinajstić information content (AvgIpc) is 1.87. The molecule has 0 aliphatic carbocycles. The smallest absolute Gasteiger partial charge is 0.323 e. The van der Waals surface area contributed by atoms with E-state index in [0.717, 1.165) is 0 Å². The van der Waals surface area contributed by atoms with Gasteiger partial charge in [0.05, 0.1) is 6.61 Å². The molecule has 0 amide bonds. The van der Waals surface area contributed by atoms with Crippen LogP contribution in [0.1, 0.15) is 6.92 Å². The highest BCUT2D eigenvalue weighted by molar-refractivity contribution is 7.80. The molecule has 62 valence electrons. The van der Waals surface area contributed by atoms with E-state index in [2.05, 4.69) is 17.4 Å². The van der Waals surface area contributed by atoms with Gasteiger partial charge in [-0.25, -0.2) is 0 Å². The molecule has 0 bridgehead atoms. The van der Waals surface area contributed by atoms with Gasteiger partial charge in [0.1, 0.15) is 6.04 Å². The fraction of sp³-hybridized carbons (Fsp3) is 0.800. The summed E-state index contributed by atoms with van der Waals surface area (Å²) in [5.41, 5.74) is 5.25. The third kappa shape index (κ3) is 4.90. The molecule has 3 nitrogen and oxygen atoms in total. The molecular formula is C5H12ClNO2S. The Labute approximate surface area is 72.1 Å². The number of hydrogen-bond acceptors (Lipinski definition) is 4. The normalized spacial score (nSPS) is 11.5. The van der Waals surface area contributed by atoms with E-state index < -0.39 is 6.04 Å². The maximum Gasteiger partial charge on any atom is 0.323 e. The highest BCUT2D eigenvalue weighted by Crippen LogP contribution is 1.87. The minimum Gasteiger partial charge on any atom is -0.465 e. The molecule has 0 saturated carbocycles. The SMILES string of the molecule is CCOC(=O)[C@H](N)CS.Cl. The summed E-state index contributed by atoms with van der Waals surface area (Å²) in [5, 5.41) is 0. The summed E-state index contributed by atoms with van der Waals surface area (Å²) >= 11 is 3.82. The Kier molecular flexibility index (Phi) is 9.13. The predicted molar refractivity (Wildman–Crippen MR) is 45.7 cm³/mol. The van der Waals surface area contributed by atoms with E-state index in [0.29, 0.717) is 12.4 Å². The summed E-state index contributed by atoms with van der Waals surface area (Å²) < 4.78 is 4.58. The van der Waals surface area contributed by atoms with Crippen LogP contribution < -0.4 is 5.73 Å². The minimum absolute atomic E-state index is 0. The van der Waals surface area contributed by atoms with Crippen molar-refractivity contribution in [2.45, 2.75) is 13.0 Å². The van der Waals surface area contributed by atoms with Crippen LogP contribution in [-0.4, -0.2) is 24.4 Å². The lowest BCUT2D eigenvalue weighted by Crippen LogP contribution is -2.33. The Morgan fingerprint density at radius 1 is 1.80 bits per heavy atom. The molecular weight excluding hydrogens is 174 g/mol. The Bertz CT molecular complexity index is 102. The van der Waals surface area contributed by atoms with Gasteiger partial charge in [0.25, 0.3) is 0 Å². The second kappa shape index (κ2) is 7.18. The van der Waals surface area contributed by atoms with Crippen LogP contribution in [0.2, 0.25) is 0 Å². The van der Waals surface area contributed by atoms with Crippen LogP contribution >= 0.6 is 25.0 Å². The zero-order chi connectivity index (χ0) is 7.28. The van der Waals surface area contributed by atoms with Crippen LogP contribution in [0.3, 0.4) is 0 Å². The second-order valence-electron chi connectivity index (χ2n) is 1.54. The Balaban J connectivity index is 0. The van der Waals surface area contributed by atoms with Crippen LogP contribution in [0.5, 0.6) is 0 Å². The van der Waals surface area contributed by atoms with Gasteiger partial charge in [0.2, 0.25) is 0 Å². The Morgan fingerprint density at radius 3 is 2.60 bits per heavy atom. The van der Waals surface area contributed by atoms with Crippen molar-refractivity contribution in [2.24, 2.45) is 5.73 Å². The summed E-state index contributed by atoms with van der Waals surface area (Å²) in [7, 11) is 0. The summed E-state index contributed by atoms with van der Waals surface area (Å²) in [4.78, 5) is 10.6. The van der Waals surface area contributed by atoms with Crippen LogP contribution in [0.25, 0.3) is 0 Å². The largest absolute Gasteiger partial charge is 0.465 e. The molecule has 0 aromatic rings. The number of carbonyl (C=O) groups is 1. The maximum atomic E-state index is 10.6. The van der Waals surface area contributed by atoms with E-state index in [9.17, 15) is 4.79 Å². The van der Waals surface area contributed by atoms with Gasteiger partial charge in [-0.05, 0) is 6.92 Å². The summed E-state index contributed by atoms with van der Waals surface area (Å²) in [5.74, 6) is -0.0498. The zero-order valence-electron chi connectivity index (χ0n) is 5.74. The second-order valence-corrected chi connectivity index (χ2v) is 1.91. The summed E-state index contributed by atoms with van der Waals surface area (Å²) in [6.07, 6.45) is 0. The number of esters is 1. The first-order valence-electron chi connectivity index (χ1n) is 2.75. The van der Waals surface area contributed by atoms with Crippen LogP contribution in [0.4, 0.5) is 0 Å². The van der Waals surface area contributed by atoms with Crippen molar-refractivity contribution in [3.63, 3.8) is 0 Å². The average molecular weight is 186 g/mol. The van der Waals surface area contributed by atoms with Gasteiger partial charge in [-0.15, -0.1) is 12.4 Å². The number of hydrogen-bond donors (Lipinski definition) is 2. The molecule has 0 heterocycles. The Morgan fingerprint density at radius 2 is 2.30 bits per heavy atom. The van der Waals surface area contributed by atoms with Gasteiger partial charge < -0.3 is 10.5 Å². The lowest BCUT2D eigenvalue weighted by Gasteiger charge is -2.05. The monoisotopic (exact) mass is 185 g/mol. The molecule has 0 aliphatic heterocycles. The Hall–Kier alpha value is 0.0700. The van der Waals surface area contributed by atoms with Crippen LogP contribution in [0.15, 0.2) is 0 Å². The van der Waals surface area contributed by atoms with Gasteiger partial charge in [-0.3, -0.25) is 4.79 Å². The van der Waals surface area contributed by atoms with Gasteiger partial charge in [-0.2, -0.15) is 12.6 Å². The molecule has 0 aromatic heterocycles. The van der Waals surface area contributed by atoms with Crippen LogP contribution in [-0.2, 0) is 9.53 Å². The zero-order valence-corrected chi connectivity index (χ0v) is 7.45. The quantitative estimate of drug-likeness (QED) is 0.489. The van der Waals surface area contributed by atoms with Gasteiger partial charge >= 0.3 is 5.97 Å². The number of carbonyl (C=O) groups excluding carboxylic acids is 1. The molecule has 0 aliphatic rings. The number of nitrogens with two attached hydrogens (primary N) is 1. The minimum atomic E-state index is -0.576. The standard InChI is InChI=1S/C5H11NO2S.ClH/c1-2-8-5(7)4(6)3-9;/h4,9H,2-3,6H2,1H3;1H/t4-;/m1./s1. The van der Waals surface area contributed by atoms with E-state index in [1.54, 1.807) is 6.92 Å². The number of halogens is 1. The first-order valence-corrected chi connectivity index (χ1v) is 3.38. The lowest BCUT2D eigenvalue weighted by molar-refractivity contribution is -0.144. The molecule has 0 saturated heterocycles. The molecule has 0 rings (SSSR count). The maximum absolute atomic E-state index is 10.6. The van der Waals surface area contributed by atoms with Crippen molar-refractivity contribution in [3.05, 3.63) is 0 Å². The van der Waals surface area contributed by atoms with Crippen molar-refractivity contribution in [3.8, 4) is 0 Å². The summed E-state index contributed by atoms with van der Waals surface area (Å²) in [6.45, 7) is 2.11. The van der Waals surface area contributed by atoms with E-state index in [1.165, 1.54) is 0 Å². The van der Waals surface area contributed by atoms with Crippen molar-refractivity contribution >= 4 is 31.0 Å². The molecule has 0 fully saturated rings. The van der Waals surface area contributed by atoms with Crippen molar-refractivity contribution in [1.29, 1.82) is 0 Å². The van der Waals surface area contributed by atoms with Crippen LogP contribution in [0, 0.1) is 0 Å². The number of thiol groups is 1. The first kappa shape index (κ1) is 12.7. The van der Waals surface area contributed by atoms with Gasteiger partial charge in [0, 0.05) is 5.75 Å². The fourth-order valence-corrected chi connectivity index (χ4v) is 0.473. The molecule has 10 heavy (non-hydrogen) atoms. The van der Waals surface area contributed by atoms with E-state index in [1.807, 2.05) is 0 Å². The van der Waals surface area contributed by atoms with E-state index >= 15 is 0 Å². The van der Waals surface area contributed by atoms with Crippen molar-refractivity contribution < 1.29 is 9.53 Å². The molecule has 1 atom stereocenters. The molecule has 0 spiro atoms. The fourth-order valence-electron chi connectivity index (χ4n) is 0.324. The molecule has 0 unspecified atom stereocenters. The number of rotatable bonds is 3. The van der Waals surface area contributed by atoms with E-state index in [4.69, 9.17) is 5.73 Å². The third-order valence-corrected chi connectivity index (χ3v) is 1.18. The molecule has 5 heteroatoms. The highest BCUT2D eigenvalue weighted by Gasteiger charge is 2.10. The predicted octanol–water partition coefficient (Wildman–Crippen LogP) is 0.228. The van der Waals surface area contributed by atoms with Crippen molar-refractivity contribution in [1.82, 2.24) is 0 Å². The topological polar surface area (TPSA) is 52.3 Å². The van der Waals surface area contributed by atoms with E-state index in [-0.39, 0.29) is 18.4 Å². The van der Waals surface area contributed by atoms with Crippen molar-refractivity contribution in [2.75, 3.05) is 12.4 Å². The lowest BCUT2D eigenvalue weighted by atomic mass is 10.4.